The molecular formula is C18H26N4O2S. The zero-order valence-corrected chi connectivity index (χ0v) is 15.6. The van der Waals surface area contributed by atoms with E-state index in [2.05, 4.69) is 21.9 Å². The minimum atomic E-state index is -3.05. The molecule has 0 bridgehead atoms. The predicted molar refractivity (Wildman–Crippen MR) is 97.4 cm³/mol. The van der Waals surface area contributed by atoms with E-state index in [4.69, 9.17) is 5.26 Å². The quantitative estimate of drug-likeness (QED) is 0.802. The molecule has 0 aliphatic carbocycles. The van der Waals surface area contributed by atoms with Crippen LogP contribution in [-0.2, 0) is 16.6 Å². The molecule has 0 radical (unpaired) electrons. The first-order chi connectivity index (χ1) is 12.0. The molecule has 0 spiro atoms. The van der Waals surface area contributed by atoms with Crippen LogP contribution in [0.5, 0.6) is 0 Å². The van der Waals surface area contributed by atoms with Crippen molar-refractivity contribution in [3.8, 4) is 6.07 Å². The lowest BCUT2D eigenvalue weighted by Crippen LogP contribution is -2.54. The molecule has 2 aliphatic heterocycles. The van der Waals surface area contributed by atoms with E-state index in [0.29, 0.717) is 19.1 Å². The number of hydrogen-bond donors (Lipinski definition) is 0. The van der Waals surface area contributed by atoms with E-state index in [9.17, 15) is 8.42 Å². The molecule has 2 fully saturated rings. The maximum atomic E-state index is 11.6. The molecule has 2 saturated heterocycles. The minimum absolute atomic E-state index is 0.559. The average molecular weight is 362 g/mol. The summed E-state index contributed by atoms with van der Waals surface area (Å²) in [7, 11) is -3.05. The first kappa shape index (κ1) is 18.3. The zero-order chi connectivity index (χ0) is 17.9. The van der Waals surface area contributed by atoms with Crippen molar-refractivity contribution in [3.63, 3.8) is 0 Å². The van der Waals surface area contributed by atoms with Gasteiger partial charge >= 0.3 is 0 Å². The number of piperidine rings is 1. The summed E-state index contributed by atoms with van der Waals surface area (Å²) in [5.41, 5.74) is 1.91. The van der Waals surface area contributed by atoms with E-state index < -0.39 is 10.0 Å². The summed E-state index contributed by atoms with van der Waals surface area (Å²) in [4.78, 5) is 4.90. The molecule has 2 heterocycles. The Hall–Kier alpha value is -1.46. The lowest BCUT2D eigenvalue weighted by molar-refractivity contribution is 0.0787. The Morgan fingerprint density at radius 3 is 2.40 bits per heavy atom. The average Bonchev–Trinajstić information content (AvgIpc) is 2.62. The lowest BCUT2D eigenvalue weighted by Gasteiger charge is -2.42. The largest absolute Gasteiger partial charge is 0.299 e. The molecule has 0 atom stereocenters. The summed E-state index contributed by atoms with van der Waals surface area (Å²) in [6.45, 7) is 5.88. The number of nitrogens with zero attached hydrogens (tertiary/aromatic N) is 4. The Bertz CT molecular complexity index is 728. The lowest BCUT2D eigenvalue weighted by atomic mass is 10.0. The maximum absolute atomic E-state index is 11.6. The van der Waals surface area contributed by atoms with E-state index in [0.717, 1.165) is 51.1 Å². The Labute approximate surface area is 150 Å². The van der Waals surface area contributed by atoms with Gasteiger partial charge in [0.2, 0.25) is 10.0 Å². The number of hydrogen-bond acceptors (Lipinski definition) is 5. The van der Waals surface area contributed by atoms with Crippen LogP contribution in [0.1, 0.15) is 24.0 Å². The molecule has 6 nitrogen and oxygen atoms in total. The summed E-state index contributed by atoms with van der Waals surface area (Å²) in [5, 5.41) is 9.01. The summed E-state index contributed by atoms with van der Waals surface area (Å²) < 4.78 is 24.8. The Balaban J connectivity index is 1.47. The monoisotopic (exact) mass is 362 g/mol. The van der Waals surface area contributed by atoms with Gasteiger partial charge in [-0.2, -0.15) is 9.57 Å². The van der Waals surface area contributed by atoms with Crippen molar-refractivity contribution in [1.29, 1.82) is 5.26 Å². The molecule has 136 valence electrons. The fourth-order valence-electron chi connectivity index (χ4n) is 3.84. The molecule has 0 aromatic heterocycles. The highest BCUT2D eigenvalue weighted by molar-refractivity contribution is 7.88. The summed E-state index contributed by atoms with van der Waals surface area (Å²) >= 11 is 0. The molecule has 2 aliphatic rings. The van der Waals surface area contributed by atoms with E-state index in [-0.39, 0.29) is 0 Å². The highest BCUT2D eigenvalue weighted by Gasteiger charge is 2.29. The number of piperazine rings is 1. The topological polar surface area (TPSA) is 67.7 Å². The van der Waals surface area contributed by atoms with Crippen LogP contribution in [0.15, 0.2) is 24.3 Å². The van der Waals surface area contributed by atoms with Gasteiger partial charge in [0.25, 0.3) is 0 Å². The van der Waals surface area contributed by atoms with Crippen LogP contribution in [0.25, 0.3) is 0 Å². The van der Waals surface area contributed by atoms with Gasteiger partial charge in [-0.3, -0.25) is 9.80 Å². The second kappa shape index (κ2) is 7.83. The van der Waals surface area contributed by atoms with Crippen LogP contribution in [-0.4, -0.2) is 74.1 Å². The van der Waals surface area contributed by atoms with E-state index >= 15 is 0 Å². The highest BCUT2D eigenvalue weighted by atomic mass is 32.2. The number of sulfonamides is 1. The molecular weight excluding hydrogens is 336 g/mol. The van der Waals surface area contributed by atoms with Crippen molar-refractivity contribution in [3.05, 3.63) is 35.4 Å². The van der Waals surface area contributed by atoms with E-state index in [1.165, 1.54) is 11.8 Å². The number of nitriles is 1. The molecule has 25 heavy (non-hydrogen) atoms. The molecule has 1 aromatic carbocycles. The first-order valence-corrected chi connectivity index (χ1v) is 10.7. The Morgan fingerprint density at radius 1 is 1.12 bits per heavy atom. The third kappa shape index (κ3) is 4.79. The second-order valence-electron chi connectivity index (χ2n) is 7.02. The van der Waals surface area contributed by atoms with Gasteiger partial charge in [-0.05, 0) is 43.6 Å². The highest BCUT2D eigenvalue weighted by Crippen LogP contribution is 2.20. The number of likely N-dealkylation sites (tertiary alicyclic amines) is 1. The van der Waals surface area contributed by atoms with E-state index in [1.807, 2.05) is 18.2 Å². The third-order valence-corrected chi connectivity index (χ3v) is 6.58. The standard InChI is InChI=1S/C18H26N4O2S/c1-25(23,24)22-11-9-21(10-12-22)18-5-7-20(8-6-18)15-17-4-2-3-16(13-17)14-19/h2-4,13,18H,5-12,15H2,1H3. The van der Waals surface area contributed by atoms with Crippen LogP contribution in [0.3, 0.4) is 0 Å². The molecule has 7 heteroatoms. The smallest absolute Gasteiger partial charge is 0.211 e. The predicted octanol–water partition coefficient (Wildman–Crippen LogP) is 1.10. The SMILES string of the molecule is CS(=O)(=O)N1CCN(C2CCN(Cc3cccc(C#N)c3)CC2)CC1. The maximum Gasteiger partial charge on any atom is 0.211 e. The zero-order valence-electron chi connectivity index (χ0n) is 14.8. The van der Waals surface area contributed by atoms with Gasteiger partial charge in [0.05, 0.1) is 17.9 Å². The van der Waals surface area contributed by atoms with Crippen LogP contribution in [0, 0.1) is 11.3 Å². The summed E-state index contributed by atoms with van der Waals surface area (Å²) in [6.07, 6.45) is 3.54. The Morgan fingerprint density at radius 2 is 1.80 bits per heavy atom. The summed E-state index contributed by atoms with van der Waals surface area (Å²) in [5.74, 6) is 0. The van der Waals surface area contributed by atoms with Gasteiger partial charge in [-0.1, -0.05) is 12.1 Å². The van der Waals surface area contributed by atoms with Crippen LogP contribution < -0.4 is 0 Å². The van der Waals surface area contributed by atoms with Crippen molar-refractivity contribution < 1.29 is 8.42 Å². The molecule has 0 N–H and O–H groups in total. The van der Waals surface area contributed by atoms with Gasteiger partial charge in [-0.15, -0.1) is 0 Å². The van der Waals surface area contributed by atoms with Gasteiger partial charge in [0, 0.05) is 38.8 Å². The Kier molecular flexibility index (Phi) is 5.74. The fraction of sp³-hybridized carbons (Fsp3) is 0.611. The number of benzene rings is 1. The van der Waals surface area contributed by atoms with Crippen LogP contribution in [0.4, 0.5) is 0 Å². The van der Waals surface area contributed by atoms with Gasteiger partial charge in [-0.25, -0.2) is 8.42 Å². The van der Waals surface area contributed by atoms with Crippen molar-refractivity contribution in [1.82, 2.24) is 14.1 Å². The fourth-order valence-corrected chi connectivity index (χ4v) is 4.67. The van der Waals surface area contributed by atoms with Gasteiger partial charge in [0.15, 0.2) is 0 Å². The van der Waals surface area contributed by atoms with E-state index in [1.54, 1.807) is 4.31 Å². The van der Waals surface area contributed by atoms with Gasteiger partial charge < -0.3 is 0 Å². The molecule has 0 unspecified atom stereocenters. The normalized spacial score (nSPS) is 21.9. The van der Waals surface area contributed by atoms with Crippen molar-refractivity contribution in [2.75, 3.05) is 45.5 Å². The molecule has 1 aromatic rings. The second-order valence-corrected chi connectivity index (χ2v) is 9.00. The molecule has 3 rings (SSSR count). The third-order valence-electron chi connectivity index (χ3n) is 5.28. The van der Waals surface area contributed by atoms with Gasteiger partial charge in [0.1, 0.15) is 0 Å². The first-order valence-electron chi connectivity index (χ1n) is 8.86. The van der Waals surface area contributed by atoms with Crippen LogP contribution in [0.2, 0.25) is 0 Å². The molecule has 0 amide bonds. The molecule has 0 saturated carbocycles. The minimum Gasteiger partial charge on any atom is -0.299 e. The number of rotatable bonds is 4. The van der Waals surface area contributed by atoms with Crippen molar-refractivity contribution >= 4 is 10.0 Å². The summed E-state index contributed by atoms with van der Waals surface area (Å²) in [6, 6.07) is 10.6. The van der Waals surface area contributed by atoms with Crippen LogP contribution >= 0.6 is 0 Å². The van der Waals surface area contributed by atoms with Crippen molar-refractivity contribution in [2.24, 2.45) is 0 Å². The van der Waals surface area contributed by atoms with Crippen molar-refractivity contribution in [2.45, 2.75) is 25.4 Å².